The number of hydrogen-bond donors (Lipinski definition) is 1. The lowest BCUT2D eigenvalue weighted by molar-refractivity contribution is 0.259. The third kappa shape index (κ3) is 7.36. The van der Waals surface area contributed by atoms with Crippen molar-refractivity contribution in [2.24, 2.45) is 4.99 Å². The molecule has 1 saturated heterocycles. The number of hydrogen-bond acceptors (Lipinski definition) is 6. The minimum atomic E-state index is 0.721. The van der Waals surface area contributed by atoms with Crippen LogP contribution in [0.25, 0.3) is 5.57 Å². The lowest BCUT2D eigenvalue weighted by Crippen LogP contribution is -2.48. The van der Waals surface area contributed by atoms with Gasteiger partial charge in [0.1, 0.15) is 11.6 Å². The summed E-state index contributed by atoms with van der Waals surface area (Å²) >= 11 is 0. The highest BCUT2D eigenvalue weighted by Crippen LogP contribution is 2.35. The quantitative estimate of drug-likeness (QED) is 0.279. The first-order valence-electron chi connectivity index (χ1n) is 13.3. The minimum Gasteiger partial charge on any atom is -0.497 e. The van der Waals surface area contributed by atoms with E-state index in [9.17, 15) is 0 Å². The van der Waals surface area contributed by atoms with Crippen LogP contribution in [0.5, 0.6) is 5.75 Å². The third-order valence-electron chi connectivity index (χ3n) is 6.76. The van der Waals surface area contributed by atoms with Crippen molar-refractivity contribution in [2.45, 2.75) is 33.1 Å². The van der Waals surface area contributed by atoms with Gasteiger partial charge in [-0.1, -0.05) is 26.7 Å². The van der Waals surface area contributed by atoms with Crippen LogP contribution in [0.15, 0.2) is 67.0 Å². The van der Waals surface area contributed by atoms with Crippen LogP contribution in [0.4, 0.5) is 11.5 Å². The van der Waals surface area contributed by atoms with Crippen LogP contribution in [-0.2, 0) is 6.42 Å². The zero-order chi connectivity index (χ0) is 27.5. The number of rotatable bonds is 13. The Labute approximate surface area is 228 Å². The Kier molecular flexibility index (Phi) is 10.7. The van der Waals surface area contributed by atoms with E-state index in [1.165, 1.54) is 0 Å². The number of nitrogens with one attached hydrogen (secondary N) is 1. The average Bonchev–Trinajstić information content (AvgIpc) is 2.94. The lowest BCUT2D eigenvalue weighted by atomic mass is 9.97. The zero-order valence-corrected chi connectivity index (χ0v) is 23.2. The summed E-state index contributed by atoms with van der Waals surface area (Å²) in [5.74, 6) is 4.38. The lowest BCUT2D eigenvalue weighted by Gasteiger charge is -2.36. The molecule has 1 aromatic heterocycles. The van der Waals surface area contributed by atoms with Gasteiger partial charge in [0.2, 0.25) is 0 Å². The van der Waals surface area contributed by atoms with Crippen LogP contribution >= 0.6 is 0 Å². The standard InChI is InChI=1S/C32H41N5O/c1-8-11-13-25(6)33-16-17-36-18-20-37(21-19-36)32-28(14-12-15-34-32)29(10-3)35-30-23-27(38-7)22-26(9-2)31(30)24(4)5/h1,10,12,14-15,22-23,33H,3-4,6,9,11,13,16-21H2,2,5,7H3. The van der Waals surface area contributed by atoms with E-state index in [4.69, 9.17) is 21.1 Å². The van der Waals surface area contributed by atoms with Crippen LogP contribution in [0.3, 0.4) is 0 Å². The summed E-state index contributed by atoms with van der Waals surface area (Å²) < 4.78 is 5.57. The second kappa shape index (κ2) is 14.2. The van der Waals surface area contributed by atoms with Gasteiger partial charge in [-0.3, -0.25) is 4.90 Å². The van der Waals surface area contributed by atoms with E-state index < -0.39 is 0 Å². The van der Waals surface area contributed by atoms with Crippen molar-refractivity contribution in [1.82, 2.24) is 15.2 Å². The van der Waals surface area contributed by atoms with Gasteiger partial charge in [-0.15, -0.1) is 12.3 Å². The highest BCUT2D eigenvalue weighted by Gasteiger charge is 2.21. The highest BCUT2D eigenvalue weighted by atomic mass is 16.5. The molecule has 38 heavy (non-hydrogen) atoms. The second-order valence-corrected chi connectivity index (χ2v) is 9.45. The monoisotopic (exact) mass is 511 g/mol. The molecule has 6 nitrogen and oxygen atoms in total. The normalized spacial score (nSPS) is 14.1. The highest BCUT2D eigenvalue weighted by molar-refractivity contribution is 6.13. The third-order valence-corrected chi connectivity index (χ3v) is 6.76. The Morgan fingerprint density at radius 2 is 2.03 bits per heavy atom. The molecule has 1 fully saturated rings. The average molecular weight is 512 g/mol. The molecule has 6 heteroatoms. The Morgan fingerprint density at radius 1 is 1.26 bits per heavy atom. The molecule has 0 bridgehead atoms. The van der Waals surface area contributed by atoms with Crippen molar-refractivity contribution in [1.29, 1.82) is 0 Å². The topological polar surface area (TPSA) is 53.0 Å². The molecule has 2 aromatic rings. The summed E-state index contributed by atoms with van der Waals surface area (Å²) in [7, 11) is 1.68. The van der Waals surface area contributed by atoms with Crippen molar-refractivity contribution in [3.8, 4) is 18.1 Å². The molecule has 0 radical (unpaired) electrons. The molecule has 1 N–H and O–H groups in total. The first kappa shape index (κ1) is 28.7. The maximum atomic E-state index is 5.57. The van der Waals surface area contributed by atoms with Crippen LogP contribution in [0.2, 0.25) is 0 Å². The summed E-state index contributed by atoms with van der Waals surface area (Å²) in [4.78, 5) is 14.7. The van der Waals surface area contributed by atoms with Crippen LogP contribution in [-0.4, -0.2) is 62.0 Å². The molecule has 3 rings (SSSR count). The molecule has 0 unspecified atom stereocenters. The summed E-state index contributed by atoms with van der Waals surface area (Å²) in [6.45, 7) is 22.1. The molecular weight excluding hydrogens is 470 g/mol. The number of methoxy groups -OCH3 is 1. The fourth-order valence-corrected chi connectivity index (χ4v) is 4.71. The number of aliphatic imine (C=N–C) groups is 1. The molecule has 0 atom stereocenters. The van der Waals surface area contributed by atoms with Crippen molar-refractivity contribution in [3.05, 3.63) is 78.7 Å². The van der Waals surface area contributed by atoms with E-state index in [2.05, 4.69) is 59.8 Å². The van der Waals surface area contributed by atoms with Crippen molar-refractivity contribution in [2.75, 3.05) is 51.3 Å². The fourth-order valence-electron chi connectivity index (χ4n) is 4.71. The van der Waals surface area contributed by atoms with Crippen molar-refractivity contribution >= 4 is 22.8 Å². The predicted octanol–water partition coefficient (Wildman–Crippen LogP) is 5.63. The molecule has 1 aliphatic rings. The van der Waals surface area contributed by atoms with E-state index in [0.717, 1.165) is 109 Å². The predicted molar refractivity (Wildman–Crippen MR) is 162 cm³/mol. The summed E-state index contributed by atoms with van der Waals surface area (Å²) in [6.07, 6.45) is 11.4. The maximum absolute atomic E-state index is 5.57. The summed E-state index contributed by atoms with van der Waals surface area (Å²) in [6, 6.07) is 8.06. The number of benzene rings is 1. The van der Waals surface area contributed by atoms with Crippen molar-refractivity contribution in [3.63, 3.8) is 0 Å². The van der Waals surface area contributed by atoms with E-state index in [-0.39, 0.29) is 0 Å². The molecule has 0 spiro atoms. The number of allylic oxidation sites excluding steroid dienone is 3. The Morgan fingerprint density at radius 3 is 2.66 bits per heavy atom. The van der Waals surface area contributed by atoms with Gasteiger partial charge in [-0.25, -0.2) is 9.98 Å². The van der Waals surface area contributed by atoms with E-state index >= 15 is 0 Å². The van der Waals surface area contributed by atoms with Crippen LogP contribution in [0.1, 0.15) is 43.4 Å². The van der Waals surface area contributed by atoms with E-state index in [1.54, 1.807) is 7.11 Å². The molecular formula is C32H41N5O. The zero-order valence-electron chi connectivity index (χ0n) is 23.2. The molecule has 1 aromatic carbocycles. The molecule has 0 amide bonds. The van der Waals surface area contributed by atoms with Gasteiger partial charge in [-0.2, -0.15) is 0 Å². The van der Waals surface area contributed by atoms with Gasteiger partial charge in [-0.05, 0) is 55.2 Å². The first-order valence-corrected chi connectivity index (χ1v) is 13.3. The van der Waals surface area contributed by atoms with Gasteiger partial charge >= 0.3 is 0 Å². The maximum Gasteiger partial charge on any atom is 0.138 e. The van der Waals surface area contributed by atoms with Gasteiger partial charge in [0.05, 0.1) is 18.5 Å². The molecule has 1 aliphatic heterocycles. The Hall–Kier alpha value is -3.82. The van der Waals surface area contributed by atoms with Crippen molar-refractivity contribution < 1.29 is 4.74 Å². The smallest absolute Gasteiger partial charge is 0.138 e. The largest absolute Gasteiger partial charge is 0.497 e. The summed E-state index contributed by atoms with van der Waals surface area (Å²) in [5, 5.41) is 3.39. The minimum absolute atomic E-state index is 0.721. The number of aromatic nitrogens is 1. The molecule has 0 aliphatic carbocycles. The van der Waals surface area contributed by atoms with Crippen LogP contribution in [0, 0.1) is 12.3 Å². The molecule has 0 saturated carbocycles. The number of ether oxygens (including phenoxy) is 1. The number of anilines is 1. The first-order chi connectivity index (χ1) is 18.4. The van der Waals surface area contributed by atoms with Gasteiger partial charge in [0.25, 0.3) is 0 Å². The number of piperazine rings is 1. The summed E-state index contributed by atoms with van der Waals surface area (Å²) in [5.41, 5.74) is 6.78. The Bertz CT molecular complexity index is 1210. The number of nitrogens with zero attached hydrogens (tertiary/aromatic N) is 4. The van der Waals surface area contributed by atoms with E-state index in [0.29, 0.717) is 0 Å². The van der Waals surface area contributed by atoms with Gasteiger partial charge in [0.15, 0.2) is 0 Å². The fraction of sp³-hybridized carbons (Fsp3) is 0.375. The number of terminal acetylenes is 1. The molecule has 200 valence electrons. The SMILES string of the molecule is C#CCCC(=C)NCCN1CCN(c2ncccc2C(C=C)=Nc2cc(OC)cc(CC)c2C(=C)C)CC1. The van der Waals surface area contributed by atoms with Gasteiger partial charge in [0, 0.05) is 74.8 Å². The number of aryl methyl sites for hydroxylation is 1. The second-order valence-electron chi connectivity index (χ2n) is 9.45. The molecule has 2 heterocycles. The van der Waals surface area contributed by atoms with Crippen LogP contribution < -0.4 is 15.0 Å². The Balaban J connectivity index is 1.79. The number of pyridine rings is 1. The van der Waals surface area contributed by atoms with Gasteiger partial charge < -0.3 is 15.0 Å². The van der Waals surface area contributed by atoms with E-state index in [1.807, 2.05) is 31.3 Å².